The number of rotatable bonds is 5. The van der Waals surface area contributed by atoms with Crippen molar-refractivity contribution in [2.45, 2.75) is 18.1 Å². The number of guanidine groups is 1. The summed E-state index contributed by atoms with van der Waals surface area (Å²) in [5.74, 6) is 2.22. The summed E-state index contributed by atoms with van der Waals surface area (Å²) >= 11 is 13.6. The molecule has 0 spiro atoms. The Morgan fingerprint density at radius 3 is 2.54 bits per heavy atom. The predicted molar refractivity (Wildman–Crippen MR) is 113 cm³/mol. The van der Waals surface area contributed by atoms with Gasteiger partial charge in [-0.1, -0.05) is 23.2 Å². The Bertz CT molecular complexity index is 551. The first-order valence-electron chi connectivity index (χ1n) is 7.30. The van der Waals surface area contributed by atoms with Crippen LogP contribution in [0.15, 0.2) is 23.2 Å². The molecule has 5 nitrogen and oxygen atoms in total. The lowest BCUT2D eigenvalue weighted by atomic mass is 10.0. The van der Waals surface area contributed by atoms with Crippen molar-refractivity contribution in [2.75, 3.05) is 31.6 Å². The van der Waals surface area contributed by atoms with Gasteiger partial charge in [0.1, 0.15) is 0 Å². The van der Waals surface area contributed by atoms with E-state index < -0.39 is 11.7 Å². The van der Waals surface area contributed by atoms with Gasteiger partial charge in [-0.05, 0) is 35.9 Å². The summed E-state index contributed by atoms with van der Waals surface area (Å²) in [4.78, 5) is 4.09. The summed E-state index contributed by atoms with van der Waals surface area (Å²) in [6.07, 6.45) is 0.000510. The number of hydrogen-bond acceptors (Lipinski definition) is 4. The SMILES string of the molecule is CN=C(NCC(O)c1cc(Cl)cc(Cl)c1)NCC1(O)CCSC1.I. The summed E-state index contributed by atoms with van der Waals surface area (Å²) in [7, 11) is 1.64. The zero-order chi connectivity index (χ0) is 16.9. The molecular weight excluding hydrogens is 484 g/mol. The number of nitrogens with zero attached hydrogens (tertiary/aromatic N) is 1. The largest absolute Gasteiger partial charge is 0.387 e. The molecule has 1 saturated heterocycles. The molecule has 0 aliphatic carbocycles. The van der Waals surface area contributed by atoms with Crippen LogP contribution in [0.3, 0.4) is 0 Å². The molecule has 0 aromatic heterocycles. The van der Waals surface area contributed by atoms with Crippen LogP contribution in [0.5, 0.6) is 0 Å². The quantitative estimate of drug-likeness (QED) is 0.281. The molecule has 1 fully saturated rings. The second-order valence-electron chi connectivity index (χ2n) is 5.55. The van der Waals surface area contributed by atoms with Crippen LogP contribution in [0.1, 0.15) is 18.1 Å². The van der Waals surface area contributed by atoms with E-state index in [1.165, 1.54) is 0 Å². The highest BCUT2D eigenvalue weighted by Gasteiger charge is 2.31. The minimum Gasteiger partial charge on any atom is -0.387 e. The van der Waals surface area contributed by atoms with Crippen molar-refractivity contribution in [3.63, 3.8) is 0 Å². The van der Waals surface area contributed by atoms with Gasteiger partial charge >= 0.3 is 0 Å². The monoisotopic (exact) mass is 505 g/mol. The Balaban J connectivity index is 0.00000288. The first-order chi connectivity index (χ1) is 10.9. The minimum atomic E-state index is -0.769. The lowest BCUT2D eigenvalue weighted by Gasteiger charge is -2.23. The molecule has 2 atom stereocenters. The van der Waals surface area contributed by atoms with E-state index in [2.05, 4.69) is 15.6 Å². The Morgan fingerprint density at radius 1 is 1.33 bits per heavy atom. The molecular formula is C15H22Cl2IN3O2S. The summed E-state index contributed by atoms with van der Waals surface area (Å²) in [5, 5.41) is 27.6. The van der Waals surface area contributed by atoms with Crippen molar-refractivity contribution >= 4 is 64.9 Å². The zero-order valence-corrected chi connectivity index (χ0v) is 17.9. The van der Waals surface area contributed by atoms with E-state index >= 15 is 0 Å². The first kappa shape index (κ1) is 22.1. The van der Waals surface area contributed by atoms with Crippen LogP contribution in [-0.4, -0.2) is 53.4 Å². The van der Waals surface area contributed by atoms with Gasteiger partial charge in [-0.2, -0.15) is 11.8 Å². The van der Waals surface area contributed by atoms with Crippen LogP contribution in [0.2, 0.25) is 10.0 Å². The average Bonchev–Trinajstić information content (AvgIpc) is 2.93. The maximum absolute atomic E-state index is 10.3. The average molecular weight is 506 g/mol. The van der Waals surface area contributed by atoms with E-state index in [1.54, 1.807) is 37.0 Å². The Kier molecular flexibility index (Phi) is 9.47. The van der Waals surface area contributed by atoms with E-state index in [1.807, 2.05) is 0 Å². The van der Waals surface area contributed by atoms with E-state index in [0.29, 0.717) is 28.1 Å². The van der Waals surface area contributed by atoms with Crippen LogP contribution in [0.25, 0.3) is 0 Å². The fourth-order valence-corrected chi connectivity index (χ4v) is 4.12. The second-order valence-corrected chi connectivity index (χ2v) is 7.53. The molecule has 1 heterocycles. The second kappa shape index (κ2) is 10.3. The Hall–Kier alpha value is 0.0700. The Morgan fingerprint density at radius 2 is 2.00 bits per heavy atom. The van der Waals surface area contributed by atoms with Crippen LogP contribution >= 0.6 is 58.9 Å². The third kappa shape index (κ3) is 6.76. The Labute approximate surface area is 173 Å². The minimum absolute atomic E-state index is 0. The standard InChI is InChI=1S/C15H21Cl2N3O2S.HI/c1-18-14(20-8-15(22)2-3-23-9-15)19-7-13(21)10-4-11(16)6-12(17)5-10;/h4-6,13,21-22H,2-3,7-9H2,1H3,(H2,18,19,20);1H. The van der Waals surface area contributed by atoms with Gasteiger partial charge in [-0.25, -0.2) is 0 Å². The molecule has 0 bridgehead atoms. The van der Waals surface area contributed by atoms with Crippen LogP contribution in [-0.2, 0) is 0 Å². The molecule has 4 N–H and O–H groups in total. The van der Waals surface area contributed by atoms with Gasteiger partial charge in [-0.3, -0.25) is 4.99 Å². The van der Waals surface area contributed by atoms with Gasteiger partial charge < -0.3 is 20.8 Å². The van der Waals surface area contributed by atoms with E-state index in [0.717, 1.165) is 17.9 Å². The third-order valence-electron chi connectivity index (χ3n) is 3.62. The molecule has 24 heavy (non-hydrogen) atoms. The number of aliphatic hydroxyl groups excluding tert-OH is 1. The van der Waals surface area contributed by atoms with E-state index in [9.17, 15) is 10.2 Å². The topological polar surface area (TPSA) is 76.9 Å². The highest BCUT2D eigenvalue weighted by molar-refractivity contribution is 14.0. The number of benzene rings is 1. The number of nitrogens with one attached hydrogen (secondary N) is 2. The highest BCUT2D eigenvalue weighted by atomic mass is 127. The highest BCUT2D eigenvalue weighted by Crippen LogP contribution is 2.27. The van der Waals surface area contributed by atoms with Gasteiger partial charge in [0.05, 0.1) is 11.7 Å². The van der Waals surface area contributed by atoms with E-state index in [4.69, 9.17) is 23.2 Å². The number of halogens is 3. The fraction of sp³-hybridized carbons (Fsp3) is 0.533. The molecule has 136 valence electrons. The first-order valence-corrected chi connectivity index (χ1v) is 9.22. The maximum atomic E-state index is 10.3. The normalized spacial score (nSPS) is 22.0. The smallest absolute Gasteiger partial charge is 0.191 e. The molecule has 2 unspecified atom stereocenters. The molecule has 0 radical (unpaired) electrons. The zero-order valence-electron chi connectivity index (χ0n) is 13.3. The molecule has 0 amide bonds. The molecule has 1 aliphatic heterocycles. The molecule has 0 saturated carbocycles. The number of hydrogen-bond donors (Lipinski definition) is 4. The molecule has 2 rings (SSSR count). The summed E-state index contributed by atoms with van der Waals surface area (Å²) < 4.78 is 0. The van der Waals surface area contributed by atoms with Gasteiger partial charge in [0.15, 0.2) is 5.96 Å². The van der Waals surface area contributed by atoms with Crippen LogP contribution < -0.4 is 10.6 Å². The molecule has 1 aromatic rings. The summed E-state index contributed by atoms with van der Waals surface area (Å²) in [6.45, 7) is 0.683. The van der Waals surface area contributed by atoms with Crippen molar-refractivity contribution in [1.29, 1.82) is 0 Å². The summed E-state index contributed by atoms with van der Waals surface area (Å²) in [5.41, 5.74) is -0.0576. The van der Waals surface area contributed by atoms with Crippen molar-refractivity contribution in [2.24, 2.45) is 4.99 Å². The predicted octanol–water partition coefficient (Wildman–Crippen LogP) is 2.68. The molecule has 1 aromatic carbocycles. The van der Waals surface area contributed by atoms with E-state index in [-0.39, 0.29) is 30.5 Å². The summed E-state index contributed by atoms with van der Waals surface area (Å²) in [6, 6.07) is 4.97. The third-order valence-corrected chi connectivity index (χ3v) is 5.29. The number of aliphatic imine (C=N–C) groups is 1. The fourth-order valence-electron chi connectivity index (χ4n) is 2.28. The number of aliphatic hydroxyl groups is 2. The van der Waals surface area contributed by atoms with Crippen molar-refractivity contribution in [3.05, 3.63) is 33.8 Å². The van der Waals surface area contributed by atoms with Crippen molar-refractivity contribution in [1.82, 2.24) is 10.6 Å². The van der Waals surface area contributed by atoms with Crippen LogP contribution in [0.4, 0.5) is 0 Å². The van der Waals surface area contributed by atoms with Crippen molar-refractivity contribution in [3.8, 4) is 0 Å². The molecule has 9 heteroatoms. The van der Waals surface area contributed by atoms with Gasteiger partial charge in [0.25, 0.3) is 0 Å². The van der Waals surface area contributed by atoms with Gasteiger partial charge in [0.2, 0.25) is 0 Å². The molecule has 1 aliphatic rings. The van der Waals surface area contributed by atoms with Crippen molar-refractivity contribution < 1.29 is 10.2 Å². The van der Waals surface area contributed by atoms with Crippen LogP contribution in [0, 0.1) is 0 Å². The number of thioether (sulfide) groups is 1. The maximum Gasteiger partial charge on any atom is 0.191 e. The van der Waals surface area contributed by atoms with Gasteiger partial charge in [0, 0.05) is 35.9 Å². The lowest BCUT2D eigenvalue weighted by molar-refractivity contribution is 0.0723. The lowest BCUT2D eigenvalue weighted by Crippen LogP contribution is -2.48. The van der Waals surface area contributed by atoms with Gasteiger partial charge in [-0.15, -0.1) is 24.0 Å².